The number of para-hydroxylation sites is 1. The molecule has 40 heteroatoms. The first-order chi connectivity index (χ1) is 67.9. The van der Waals surface area contributed by atoms with Gasteiger partial charge >= 0.3 is 18.1 Å². The van der Waals surface area contributed by atoms with Gasteiger partial charge in [-0.15, -0.1) is 0 Å². The summed E-state index contributed by atoms with van der Waals surface area (Å²) in [5.74, 6) is -5.34. The number of ketones is 2. The van der Waals surface area contributed by atoms with Crippen LogP contribution in [-0.2, 0) is 135 Å². The van der Waals surface area contributed by atoms with Crippen LogP contribution in [0.3, 0.4) is 0 Å². The Hall–Kier alpha value is -10.4. The quantitative estimate of drug-likeness (QED) is 0.0117. The predicted octanol–water partition coefficient (Wildman–Crippen LogP) is 10.3. The molecule has 38 nitrogen and oxygen atoms in total. The highest BCUT2D eigenvalue weighted by molar-refractivity contribution is 7.85. The average molecular weight is 2000 g/mol. The molecule has 1 saturated heterocycles. The van der Waals surface area contributed by atoms with Gasteiger partial charge in [-0.3, -0.25) is 48.2 Å². The standard InChI is InChI=1S/C101H137N11O27S2/c1-70(2)79(59-86(114)84(112-89(115)26-27-90(112)116)57-72-20-22-76(23-21-72)137-55-54-136-53-52-135-51-50-134-49-48-133-47-46-132-45-44-131-43-42-130-41-40-129-39-38-128-37-36-127-35-34-126-6)93(118)105-82(14-10-29-103-95(102)121)85(113)58-73-16-18-74(19-17-73)62-138-97(122)109(32-56-141(123,124)125)31-33-139-101-66-98(4)63-99(5,67-101)65-100(64-98,68-101)69-111-71(3)80(60-104-111)77-24-25-88(107-91(77)94(119)120)110-30-28-75-11-9-12-78(81(75)61-110)92(117)108-96-106-83-13-7-8-15-87(83)140-96/h7-9,11-13,15-25,60,70,79,82,84H,10,14,26-59,61-69H2,1-6H3,(H,105,118)(H,119,120)(H3,102,103,121)(H,106,108,117)(H,123,124,125)/t79-,82-,84-,98?,99?,100?,101?/m0/s1. The Kier molecular flexibility index (Phi) is 41.7. The SMILES string of the molecule is COCCOCCOCCOCCOCCOCCOCCOCCOCCOCCOCCOc1ccc(C[C@@H](C(=O)C[C@H](C(=O)N[C@@H](CCCNC(N)=O)C(=O)Cc2ccc(COC(=O)N(CCOC34CC5(C)CC(C)(CC(Cn6ncc(-c7ccc(N8CCc9cccc(C(=O)Nc%10nc%11ccccc%11s%10)c9C8)nc7C(=O)O)c6C)(C5)C3)C4)CCS(=O)(=O)O)cc2)C(C)C)N2C(=O)CCC2=O)cc1. The molecule has 4 saturated carbocycles. The zero-order valence-corrected chi connectivity index (χ0v) is 83.3. The molecule has 5 heterocycles. The fraction of sp³-hybridized carbons (Fsp3) is 0.584. The Bertz CT molecular complexity index is 5350. The Labute approximate surface area is 827 Å². The Morgan fingerprint density at radius 1 is 0.624 bits per heavy atom. The number of Topliss-reactive ketones (excluding diaryl/α,β-unsaturated/α-hetero) is 2. The molecule has 770 valence electrons. The zero-order chi connectivity index (χ0) is 100. The van der Waals surface area contributed by atoms with Crippen molar-refractivity contribution in [2.24, 2.45) is 33.8 Å². The zero-order valence-electron chi connectivity index (χ0n) is 81.6. The molecule has 6 aliphatic rings. The lowest BCUT2D eigenvalue weighted by Crippen LogP contribution is -2.64. The molecule has 7 amide bonds. The monoisotopic (exact) mass is 2000 g/mol. The van der Waals surface area contributed by atoms with Gasteiger partial charge in [0.2, 0.25) is 17.7 Å². The third kappa shape index (κ3) is 33.3. The van der Waals surface area contributed by atoms with E-state index in [2.05, 4.69) is 34.8 Å². The second kappa shape index (κ2) is 53.8. The number of fused-ring (bicyclic) bond motifs is 2. The van der Waals surface area contributed by atoms with Crippen molar-refractivity contribution in [1.82, 2.24) is 40.2 Å². The number of ether oxygens (including phenoxy) is 14. The van der Waals surface area contributed by atoms with Crippen LogP contribution >= 0.6 is 11.3 Å². The first kappa shape index (κ1) is 109. The number of aromatic nitrogens is 4. The normalized spacial score (nSPS) is 18.9. The van der Waals surface area contributed by atoms with Crippen LogP contribution < -0.4 is 31.3 Å². The number of carboxylic acids is 1. The summed E-state index contributed by atoms with van der Waals surface area (Å²) in [5, 5.41) is 24.6. The van der Waals surface area contributed by atoms with Gasteiger partial charge in [0, 0.05) is 107 Å². The molecule has 0 radical (unpaired) electrons. The number of primary amides is 1. The van der Waals surface area contributed by atoms with Crippen LogP contribution in [0.4, 0.5) is 20.5 Å². The van der Waals surface area contributed by atoms with Crippen molar-refractivity contribution in [3.8, 4) is 16.9 Å². The van der Waals surface area contributed by atoms with E-state index < -0.39 is 99.3 Å². The first-order valence-electron chi connectivity index (χ1n) is 48.5. The maximum absolute atomic E-state index is 14.7. The number of imide groups is 1. The van der Waals surface area contributed by atoms with Gasteiger partial charge < -0.3 is 97.6 Å². The van der Waals surface area contributed by atoms with Crippen molar-refractivity contribution in [3.05, 3.63) is 154 Å². The van der Waals surface area contributed by atoms with E-state index in [1.807, 2.05) is 59.0 Å². The van der Waals surface area contributed by atoms with Crippen molar-refractivity contribution in [2.45, 2.75) is 162 Å². The summed E-state index contributed by atoms with van der Waals surface area (Å²) < 4.78 is 116. The van der Waals surface area contributed by atoms with Crippen LogP contribution in [0.2, 0.25) is 0 Å². The number of aromatic carboxylic acids is 1. The molecule has 7 N–H and O–H groups in total. The molecule has 5 atom stereocenters. The number of thiazole rings is 1. The second-order valence-corrected chi connectivity index (χ2v) is 40.3. The maximum Gasteiger partial charge on any atom is 0.410 e. The number of benzene rings is 4. The number of anilines is 2. The third-order valence-electron chi connectivity index (χ3n) is 26.0. The first-order valence-corrected chi connectivity index (χ1v) is 50.9. The highest BCUT2D eigenvalue weighted by Gasteiger charge is 2.66. The van der Waals surface area contributed by atoms with Gasteiger partial charge in [0.1, 0.15) is 30.8 Å². The van der Waals surface area contributed by atoms with Gasteiger partial charge in [0.25, 0.3) is 16.0 Å². The summed E-state index contributed by atoms with van der Waals surface area (Å²) in [5.41, 5.74) is 10.6. The van der Waals surface area contributed by atoms with Crippen molar-refractivity contribution < 1.29 is 128 Å². The minimum absolute atomic E-state index is 0.0116. The summed E-state index contributed by atoms with van der Waals surface area (Å²) in [7, 11) is -2.92. The summed E-state index contributed by atoms with van der Waals surface area (Å²) in [4.78, 5) is 137. The van der Waals surface area contributed by atoms with E-state index in [1.165, 1.54) is 16.2 Å². The van der Waals surface area contributed by atoms with Crippen LogP contribution in [0.1, 0.15) is 153 Å². The van der Waals surface area contributed by atoms with Crippen molar-refractivity contribution >= 4 is 95.9 Å². The second-order valence-electron chi connectivity index (χ2n) is 37.7. The lowest BCUT2D eigenvalue weighted by atomic mass is 9.39. The van der Waals surface area contributed by atoms with Crippen LogP contribution in [0, 0.1) is 35.0 Å². The summed E-state index contributed by atoms with van der Waals surface area (Å²) in [6.45, 7) is 20.2. The number of nitrogens with two attached hydrogens (primary N) is 1. The average Bonchev–Trinajstić information content (AvgIpc) is 1.05. The maximum atomic E-state index is 14.7. The van der Waals surface area contributed by atoms with Crippen LogP contribution in [0.5, 0.6) is 5.75 Å². The number of nitrogens with zero attached hydrogens (tertiary/aromatic N) is 7. The molecule has 4 aromatic carbocycles. The van der Waals surface area contributed by atoms with Crippen LogP contribution in [0.15, 0.2) is 109 Å². The Morgan fingerprint density at radius 3 is 1.77 bits per heavy atom. The number of urea groups is 1. The number of pyridine rings is 1. The fourth-order valence-electron chi connectivity index (χ4n) is 20.4. The van der Waals surface area contributed by atoms with Crippen molar-refractivity contribution in [1.29, 1.82) is 0 Å². The summed E-state index contributed by atoms with van der Waals surface area (Å²) in [6, 6.07) is 27.3. The molecule has 3 aromatic heterocycles. The number of nitrogens with one attached hydrogen (secondary N) is 3. The van der Waals surface area contributed by atoms with Gasteiger partial charge in [-0.05, 0) is 157 Å². The number of likely N-dealkylation sites (tertiary alicyclic amines) is 1. The number of rotatable bonds is 66. The number of carbonyl (C=O) groups is 9. The van der Waals surface area contributed by atoms with Crippen molar-refractivity contribution in [2.75, 3.05) is 201 Å². The summed E-state index contributed by atoms with van der Waals surface area (Å²) >= 11 is 1.39. The van der Waals surface area contributed by atoms with E-state index >= 15 is 0 Å². The number of carboxylic acid groups (broad SMARTS) is 1. The van der Waals surface area contributed by atoms with E-state index in [1.54, 1.807) is 87.8 Å². The molecule has 0 spiro atoms. The van der Waals surface area contributed by atoms with E-state index in [0.29, 0.717) is 215 Å². The molecule has 2 unspecified atom stereocenters. The Morgan fingerprint density at radius 2 is 1.20 bits per heavy atom. The molecule has 7 aromatic rings. The van der Waals surface area contributed by atoms with E-state index in [-0.39, 0.29) is 112 Å². The Balaban J connectivity index is 0.565. The molecule has 141 heavy (non-hydrogen) atoms. The van der Waals surface area contributed by atoms with Gasteiger partial charge in [-0.25, -0.2) is 24.4 Å². The predicted molar refractivity (Wildman–Crippen MR) is 522 cm³/mol. The minimum Gasteiger partial charge on any atom is -0.491 e. The van der Waals surface area contributed by atoms with Crippen molar-refractivity contribution in [3.63, 3.8) is 0 Å². The summed E-state index contributed by atoms with van der Waals surface area (Å²) in [6.07, 6.45) is 5.87. The van der Waals surface area contributed by atoms with Gasteiger partial charge in [-0.1, -0.05) is 99.7 Å². The molecule has 2 aliphatic heterocycles. The van der Waals surface area contributed by atoms with Gasteiger partial charge in [0.05, 0.1) is 179 Å². The third-order valence-corrected chi connectivity index (χ3v) is 27.7. The molecule has 4 bridgehead atoms. The van der Waals surface area contributed by atoms with Crippen LogP contribution in [0.25, 0.3) is 21.3 Å². The lowest BCUT2D eigenvalue weighted by Gasteiger charge is -2.69. The van der Waals surface area contributed by atoms with Gasteiger partial charge in [0.15, 0.2) is 22.4 Å². The van der Waals surface area contributed by atoms with Crippen LogP contribution in [-0.4, -0.2) is 310 Å². The number of hydrogen-bond acceptors (Lipinski definition) is 30. The number of hydrogen-bond donors (Lipinski definition) is 6. The number of amides is 7. The van der Waals surface area contributed by atoms with Gasteiger partial charge in [-0.2, -0.15) is 13.5 Å². The molecule has 13 rings (SSSR count). The smallest absolute Gasteiger partial charge is 0.410 e. The molecular weight excluding hydrogens is 1860 g/mol. The highest BCUT2D eigenvalue weighted by Crippen LogP contribution is 2.72. The number of carbonyl (C=O) groups excluding carboxylic acids is 8. The number of methoxy groups -OCH3 is 1. The van der Waals surface area contributed by atoms with E-state index in [9.17, 15) is 61.2 Å². The minimum atomic E-state index is -4.55. The topological polar surface area (TPSA) is 473 Å². The largest absolute Gasteiger partial charge is 0.491 e. The lowest BCUT2D eigenvalue weighted by molar-refractivity contribution is -0.248. The highest BCUT2D eigenvalue weighted by atomic mass is 32.2. The molecule has 5 fully saturated rings. The fourth-order valence-corrected chi connectivity index (χ4v) is 21.7. The van der Waals surface area contributed by atoms with E-state index in [0.717, 1.165) is 64.0 Å². The molecule has 4 aliphatic carbocycles. The van der Waals surface area contributed by atoms with E-state index in [4.69, 9.17) is 82.1 Å². The molecular formula is C101H137N11O27S2.